The smallest absolute Gasteiger partial charge is 0.237 e. The van der Waals surface area contributed by atoms with Crippen LogP contribution in [-0.4, -0.2) is 30.7 Å². The Bertz CT molecular complexity index is 712. The minimum absolute atomic E-state index is 0.0668. The third-order valence-electron chi connectivity index (χ3n) is 3.66. The van der Waals surface area contributed by atoms with E-state index in [1.165, 1.54) is 5.56 Å². The number of pyridine rings is 1. The first-order valence-electron chi connectivity index (χ1n) is 7.50. The lowest BCUT2D eigenvalue weighted by Crippen LogP contribution is -2.40. The van der Waals surface area contributed by atoms with Gasteiger partial charge in [0.1, 0.15) is 6.10 Å². The first-order chi connectivity index (χ1) is 11.2. The molecule has 2 N–H and O–H groups in total. The van der Waals surface area contributed by atoms with Gasteiger partial charge in [-0.3, -0.25) is 0 Å². The van der Waals surface area contributed by atoms with E-state index in [1.807, 2.05) is 30.3 Å². The van der Waals surface area contributed by atoms with Gasteiger partial charge in [0.05, 0.1) is 23.9 Å². The minimum Gasteiger partial charge on any atom is -0.470 e. The summed E-state index contributed by atoms with van der Waals surface area (Å²) in [6.45, 7) is 2.39. The Morgan fingerprint density at radius 3 is 3.00 bits per heavy atom. The number of halogens is 1. The summed E-state index contributed by atoms with van der Waals surface area (Å²) >= 11 is 3.40. The summed E-state index contributed by atoms with van der Waals surface area (Å²) in [5.41, 5.74) is 2.84. The largest absolute Gasteiger partial charge is 0.470 e. The number of aromatic nitrogens is 1. The Labute approximate surface area is 143 Å². The predicted octanol–water partition coefficient (Wildman–Crippen LogP) is 2.72. The highest BCUT2D eigenvalue weighted by Gasteiger charge is 2.20. The van der Waals surface area contributed by atoms with Gasteiger partial charge in [-0.1, -0.05) is 12.1 Å². The lowest BCUT2D eigenvalue weighted by atomic mass is 10.1. The lowest BCUT2D eigenvalue weighted by molar-refractivity contribution is 0.194. The summed E-state index contributed by atoms with van der Waals surface area (Å²) in [5, 5.41) is 15.5. The average Bonchev–Trinajstić information content (AvgIpc) is 2.59. The van der Waals surface area contributed by atoms with Gasteiger partial charge >= 0.3 is 0 Å². The van der Waals surface area contributed by atoms with Crippen LogP contribution in [0.5, 0.6) is 5.88 Å². The summed E-state index contributed by atoms with van der Waals surface area (Å²) in [5.74, 6) is 0.651. The van der Waals surface area contributed by atoms with Crippen LogP contribution in [0, 0.1) is 11.3 Å². The van der Waals surface area contributed by atoms with Crippen LogP contribution in [0.4, 0.5) is 5.69 Å². The van der Waals surface area contributed by atoms with E-state index in [2.05, 4.69) is 37.6 Å². The fraction of sp³-hybridized carbons (Fsp3) is 0.294. The number of hydrogen-bond acceptors (Lipinski definition) is 5. The number of fused-ring (bicyclic) bond motifs is 1. The second-order valence-corrected chi connectivity index (χ2v) is 6.31. The quantitative estimate of drug-likeness (QED) is 0.789. The maximum atomic E-state index is 8.78. The van der Waals surface area contributed by atoms with Gasteiger partial charge in [0.25, 0.3) is 0 Å². The first kappa shape index (κ1) is 15.8. The Kier molecular flexibility index (Phi) is 5.11. The van der Waals surface area contributed by atoms with E-state index in [4.69, 9.17) is 10.00 Å². The molecule has 0 saturated heterocycles. The summed E-state index contributed by atoms with van der Waals surface area (Å²) in [6.07, 6.45) is 2.73. The Hall–Kier alpha value is -2.10. The minimum atomic E-state index is 0.0668. The molecule has 3 rings (SSSR count). The van der Waals surface area contributed by atoms with Crippen LogP contribution in [0.25, 0.3) is 0 Å². The van der Waals surface area contributed by atoms with Crippen LogP contribution < -0.4 is 15.4 Å². The van der Waals surface area contributed by atoms with E-state index in [-0.39, 0.29) is 6.10 Å². The molecule has 118 valence electrons. The molecule has 0 amide bonds. The number of nitrogens with zero attached hydrogens (tertiary/aromatic N) is 2. The molecule has 0 radical (unpaired) electrons. The molecule has 5 nitrogen and oxygen atoms in total. The number of rotatable bonds is 5. The van der Waals surface area contributed by atoms with Crippen LogP contribution in [0.1, 0.15) is 11.1 Å². The van der Waals surface area contributed by atoms with Crippen molar-refractivity contribution < 1.29 is 4.74 Å². The summed E-state index contributed by atoms with van der Waals surface area (Å²) in [6, 6.07) is 11.8. The maximum Gasteiger partial charge on any atom is 0.237 e. The second kappa shape index (κ2) is 7.44. The van der Waals surface area contributed by atoms with E-state index >= 15 is 0 Å². The van der Waals surface area contributed by atoms with Crippen molar-refractivity contribution in [3.63, 3.8) is 0 Å². The molecule has 2 aromatic rings. The number of nitriles is 1. The van der Waals surface area contributed by atoms with Gasteiger partial charge in [-0.05, 0) is 52.7 Å². The van der Waals surface area contributed by atoms with E-state index in [0.717, 1.165) is 36.2 Å². The lowest BCUT2D eigenvalue weighted by Gasteiger charge is -2.26. The molecule has 1 atom stereocenters. The summed E-state index contributed by atoms with van der Waals surface area (Å²) in [4.78, 5) is 4.28. The number of nitrogens with one attached hydrogen (secondary N) is 2. The molecule has 0 bridgehead atoms. The van der Waals surface area contributed by atoms with Crippen molar-refractivity contribution in [1.29, 1.82) is 5.26 Å². The summed E-state index contributed by atoms with van der Waals surface area (Å²) in [7, 11) is 0. The topological polar surface area (TPSA) is 70.0 Å². The monoisotopic (exact) mass is 372 g/mol. The van der Waals surface area contributed by atoms with E-state index < -0.39 is 0 Å². The molecular weight excluding hydrogens is 356 g/mol. The van der Waals surface area contributed by atoms with Gasteiger partial charge in [-0.15, -0.1) is 0 Å². The normalized spacial score (nSPS) is 15.9. The average molecular weight is 373 g/mol. The zero-order chi connectivity index (χ0) is 16.1. The van der Waals surface area contributed by atoms with Crippen LogP contribution in [0.15, 0.2) is 41.0 Å². The van der Waals surface area contributed by atoms with Crippen LogP contribution >= 0.6 is 15.9 Å². The van der Waals surface area contributed by atoms with Gasteiger partial charge in [-0.25, -0.2) is 4.98 Å². The summed E-state index contributed by atoms with van der Waals surface area (Å²) < 4.78 is 6.81. The Morgan fingerprint density at radius 1 is 1.39 bits per heavy atom. The molecule has 6 heteroatoms. The molecule has 23 heavy (non-hydrogen) atoms. The predicted molar refractivity (Wildman–Crippen MR) is 92.6 cm³/mol. The van der Waals surface area contributed by atoms with Crippen LogP contribution in [0.2, 0.25) is 0 Å². The van der Waals surface area contributed by atoms with Crippen molar-refractivity contribution in [2.45, 2.75) is 12.5 Å². The number of ether oxygens (including phenoxy) is 1. The Balaban J connectivity index is 1.43. The van der Waals surface area contributed by atoms with Crippen LogP contribution in [-0.2, 0) is 6.42 Å². The first-order valence-corrected chi connectivity index (χ1v) is 8.30. The molecule has 1 aliphatic heterocycles. The molecule has 0 saturated carbocycles. The fourth-order valence-corrected chi connectivity index (χ4v) is 2.76. The molecule has 1 aliphatic rings. The van der Waals surface area contributed by atoms with Crippen molar-refractivity contribution in [3.05, 3.63) is 52.1 Å². The fourth-order valence-electron chi connectivity index (χ4n) is 2.43. The molecule has 0 spiro atoms. The van der Waals surface area contributed by atoms with Gasteiger partial charge < -0.3 is 15.4 Å². The molecule has 0 aliphatic carbocycles. The van der Waals surface area contributed by atoms with Crippen LogP contribution in [0.3, 0.4) is 0 Å². The molecule has 2 heterocycles. The van der Waals surface area contributed by atoms with E-state index in [0.29, 0.717) is 11.4 Å². The van der Waals surface area contributed by atoms with E-state index in [9.17, 15) is 0 Å². The molecule has 1 aromatic carbocycles. The molecule has 0 fully saturated rings. The SMILES string of the molecule is N#Cc1ccc(CCNCC2CNc3cc(Br)cnc3O2)cc1. The maximum absolute atomic E-state index is 8.78. The zero-order valence-corrected chi connectivity index (χ0v) is 14.1. The van der Waals surface area contributed by atoms with Crippen molar-refractivity contribution in [3.8, 4) is 11.9 Å². The van der Waals surface area contributed by atoms with Gasteiger partial charge in [-0.2, -0.15) is 5.26 Å². The molecule has 1 aromatic heterocycles. The highest BCUT2D eigenvalue weighted by molar-refractivity contribution is 9.10. The number of hydrogen-bond donors (Lipinski definition) is 2. The van der Waals surface area contributed by atoms with Gasteiger partial charge in [0.15, 0.2) is 0 Å². The zero-order valence-electron chi connectivity index (χ0n) is 12.6. The molecule has 1 unspecified atom stereocenters. The van der Waals surface area contributed by atoms with E-state index in [1.54, 1.807) is 6.20 Å². The molecular formula is C17H17BrN4O. The highest BCUT2D eigenvalue weighted by Crippen LogP contribution is 2.28. The Morgan fingerprint density at radius 2 is 2.22 bits per heavy atom. The third-order valence-corrected chi connectivity index (χ3v) is 4.10. The third kappa shape index (κ3) is 4.21. The van der Waals surface area contributed by atoms with Crippen molar-refractivity contribution >= 4 is 21.6 Å². The van der Waals surface area contributed by atoms with Gasteiger partial charge in [0, 0.05) is 17.2 Å². The standard InChI is InChI=1S/C17H17BrN4O/c18-14-7-16-17(22-9-14)23-15(11-21-16)10-20-6-5-12-1-3-13(8-19)4-2-12/h1-4,7,9,15,20-21H,5-6,10-11H2. The number of benzene rings is 1. The number of anilines is 1. The second-order valence-electron chi connectivity index (χ2n) is 5.39. The highest BCUT2D eigenvalue weighted by atomic mass is 79.9. The van der Waals surface area contributed by atoms with Crippen molar-refractivity contribution in [2.75, 3.05) is 25.0 Å². The van der Waals surface area contributed by atoms with Gasteiger partial charge in [0.2, 0.25) is 5.88 Å². The van der Waals surface area contributed by atoms with Crippen molar-refractivity contribution in [1.82, 2.24) is 10.3 Å². The van der Waals surface area contributed by atoms with Crippen molar-refractivity contribution in [2.24, 2.45) is 0 Å².